The van der Waals surface area contributed by atoms with Crippen LogP contribution >= 0.6 is 0 Å². The predicted molar refractivity (Wildman–Crippen MR) is 85.5 cm³/mol. The van der Waals surface area contributed by atoms with Gasteiger partial charge in [0.2, 0.25) is 11.8 Å². The molecule has 1 aromatic heterocycles. The van der Waals surface area contributed by atoms with Crippen LogP contribution in [0.25, 0.3) is 0 Å². The van der Waals surface area contributed by atoms with Crippen molar-refractivity contribution in [2.24, 2.45) is 5.92 Å². The van der Waals surface area contributed by atoms with Crippen LogP contribution in [-0.2, 0) is 4.79 Å². The SMILES string of the molecule is CC(C(=O)Nc1ccc(OCC2CC2)nn1)N1CCC(F)(F)C(O)C1. The molecule has 0 bridgehead atoms. The van der Waals surface area contributed by atoms with E-state index in [1.54, 1.807) is 19.1 Å². The third-order valence-corrected chi connectivity index (χ3v) is 4.61. The molecule has 1 saturated carbocycles. The third kappa shape index (κ3) is 4.60. The van der Waals surface area contributed by atoms with E-state index in [0.29, 0.717) is 18.4 Å². The summed E-state index contributed by atoms with van der Waals surface area (Å²) >= 11 is 0. The number of halogens is 2. The first-order valence-corrected chi connectivity index (χ1v) is 8.42. The molecular formula is C16H22F2N4O3. The van der Waals surface area contributed by atoms with Gasteiger partial charge in [-0.15, -0.1) is 10.2 Å². The Balaban J connectivity index is 1.50. The van der Waals surface area contributed by atoms with E-state index in [1.807, 2.05) is 0 Å². The molecule has 1 aliphatic heterocycles. The van der Waals surface area contributed by atoms with Gasteiger partial charge in [0.25, 0.3) is 5.92 Å². The summed E-state index contributed by atoms with van der Waals surface area (Å²) in [4.78, 5) is 13.8. The lowest BCUT2D eigenvalue weighted by Crippen LogP contribution is -2.55. The molecule has 0 radical (unpaired) electrons. The van der Waals surface area contributed by atoms with Gasteiger partial charge in [-0.1, -0.05) is 0 Å². The Kier molecular flexibility index (Phi) is 5.14. The zero-order valence-electron chi connectivity index (χ0n) is 14.0. The fourth-order valence-corrected chi connectivity index (χ4v) is 2.61. The number of piperidine rings is 1. The Morgan fingerprint density at radius 1 is 1.48 bits per heavy atom. The van der Waals surface area contributed by atoms with E-state index in [4.69, 9.17) is 4.74 Å². The molecule has 2 N–H and O–H groups in total. The van der Waals surface area contributed by atoms with Crippen LogP contribution in [-0.4, -0.2) is 63.9 Å². The molecule has 3 rings (SSSR count). The van der Waals surface area contributed by atoms with Gasteiger partial charge < -0.3 is 15.2 Å². The fourth-order valence-electron chi connectivity index (χ4n) is 2.61. The van der Waals surface area contributed by atoms with Crippen LogP contribution in [0.1, 0.15) is 26.2 Å². The van der Waals surface area contributed by atoms with Crippen LogP contribution in [0.3, 0.4) is 0 Å². The maximum Gasteiger partial charge on any atom is 0.275 e. The highest BCUT2D eigenvalue weighted by Crippen LogP contribution is 2.30. The number of nitrogens with zero attached hydrogens (tertiary/aromatic N) is 3. The summed E-state index contributed by atoms with van der Waals surface area (Å²) in [7, 11) is 0. The first kappa shape index (κ1) is 17.9. The van der Waals surface area contributed by atoms with Gasteiger partial charge in [0.15, 0.2) is 5.82 Å². The zero-order valence-corrected chi connectivity index (χ0v) is 14.0. The second kappa shape index (κ2) is 7.17. The van der Waals surface area contributed by atoms with Crippen molar-refractivity contribution in [3.8, 4) is 5.88 Å². The minimum atomic E-state index is -3.10. The van der Waals surface area contributed by atoms with Gasteiger partial charge in [-0.05, 0) is 31.7 Å². The number of aliphatic hydroxyl groups is 1. The second-order valence-electron chi connectivity index (χ2n) is 6.70. The van der Waals surface area contributed by atoms with Crippen molar-refractivity contribution in [2.45, 2.75) is 44.3 Å². The fraction of sp³-hybridized carbons (Fsp3) is 0.688. The van der Waals surface area contributed by atoms with Gasteiger partial charge in [0.1, 0.15) is 6.10 Å². The number of aliphatic hydroxyl groups excluding tert-OH is 1. The first-order chi connectivity index (χ1) is 11.8. The van der Waals surface area contributed by atoms with Gasteiger partial charge in [-0.3, -0.25) is 9.69 Å². The molecule has 2 unspecified atom stereocenters. The molecule has 1 aliphatic carbocycles. The molecule has 0 aromatic carbocycles. The topological polar surface area (TPSA) is 87.6 Å². The van der Waals surface area contributed by atoms with E-state index in [-0.39, 0.29) is 18.9 Å². The number of amides is 1. The van der Waals surface area contributed by atoms with E-state index >= 15 is 0 Å². The minimum absolute atomic E-state index is 0.0400. The van der Waals surface area contributed by atoms with Gasteiger partial charge >= 0.3 is 0 Å². The monoisotopic (exact) mass is 356 g/mol. The second-order valence-corrected chi connectivity index (χ2v) is 6.70. The molecule has 2 fully saturated rings. The Hall–Kier alpha value is -1.87. The number of hydrogen-bond donors (Lipinski definition) is 2. The summed E-state index contributed by atoms with van der Waals surface area (Å²) in [6.07, 6.45) is 0.116. The predicted octanol–water partition coefficient (Wildman–Crippen LogP) is 1.29. The lowest BCUT2D eigenvalue weighted by Gasteiger charge is -2.38. The number of hydrogen-bond acceptors (Lipinski definition) is 6. The van der Waals surface area contributed by atoms with E-state index in [1.165, 1.54) is 17.7 Å². The van der Waals surface area contributed by atoms with Crippen molar-refractivity contribution < 1.29 is 23.4 Å². The van der Waals surface area contributed by atoms with Gasteiger partial charge in [-0.25, -0.2) is 8.78 Å². The lowest BCUT2D eigenvalue weighted by molar-refractivity contribution is -0.155. The molecule has 2 aliphatic rings. The number of carbonyl (C=O) groups is 1. The largest absolute Gasteiger partial charge is 0.476 e. The normalized spacial score (nSPS) is 24.6. The molecular weight excluding hydrogens is 334 g/mol. The van der Waals surface area contributed by atoms with Crippen molar-refractivity contribution in [1.29, 1.82) is 0 Å². The molecule has 138 valence electrons. The Morgan fingerprint density at radius 3 is 2.84 bits per heavy atom. The maximum absolute atomic E-state index is 13.3. The van der Waals surface area contributed by atoms with E-state index in [9.17, 15) is 18.7 Å². The molecule has 0 spiro atoms. The number of β-amino-alcohol motifs (C(OH)–C–C–N with tert-alkyl or cyclic N) is 1. The van der Waals surface area contributed by atoms with Crippen molar-refractivity contribution >= 4 is 11.7 Å². The quantitative estimate of drug-likeness (QED) is 0.799. The summed E-state index contributed by atoms with van der Waals surface area (Å²) in [6.45, 7) is 2.02. The van der Waals surface area contributed by atoms with Crippen molar-refractivity contribution in [1.82, 2.24) is 15.1 Å². The van der Waals surface area contributed by atoms with Crippen LogP contribution in [0, 0.1) is 5.92 Å². The number of alkyl halides is 2. The average molecular weight is 356 g/mol. The van der Waals surface area contributed by atoms with Crippen LogP contribution in [0.5, 0.6) is 5.88 Å². The molecule has 2 atom stereocenters. The first-order valence-electron chi connectivity index (χ1n) is 8.42. The maximum atomic E-state index is 13.3. The molecule has 25 heavy (non-hydrogen) atoms. The smallest absolute Gasteiger partial charge is 0.275 e. The molecule has 7 nitrogen and oxygen atoms in total. The summed E-state index contributed by atoms with van der Waals surface area (Å²) in [5.41, 5.74) is 0. The number of nitrogens with one attached hydrogen (secondary N) is 1. The number of carbonyl (C=O) groups excluding carboxylic acids is 1. The van der Waals surface area contributed by atoms with Crippen LogP contribution in [0.4, 0.5) is 14.6 Å². The number of aromatic nitrogens is 2. The van der Waals surface area contributed by atoms with E-state index < -0.39 is 30.4 Å². The van der Waals surface area contributed by atoms with Crippen molar-refractivity contribution in [3.63, 3.8) is 0 Å². The third-order valence-electron chi connectivity index (χ3n) is 4.61. The van der Waals surface area contributed by atoms with Crippen molar-refractivity contribution in [3.05, 3.63) is 12.1 Å². The average Bonchev–Trinajstić information content (AvgIpc) is 3.40. The van der Waals surface area contributed by atoms with Gasteiger partial charge in [0.05, 0.1) is 12.6 Å². The molecule has 1 amide bonds. The molecule has 9 heteroatoms. The number of anilines is 1. The van der Waals surface area contributed by atoms with Crippen molar-refractivity contribution in [2.75, 3.05) is 25.0 Å². The summed E-state index contributed by atoms with van der Waals surface area (Å²) in [6, 6.07) is 2.54. The molecule has 1 aromatic rings. The van der Waals surface area contributed by atoms with Crippen LogP contribution < -0.4 is 10.1 Å². The Labute approximate surface area is 144 Å². The highest BCUT2D eigenvalue weighted by Gasteiger charge is 2.44. The minimum Gasteiger partial charge on any atom is -0.476 e. The summed E-state index contributed by atoms with van der Waals surface area (Å²) < 4.78 is 32.1. The highest BCUT2D eigenvalue weighted by atomic mass is 19.3. The lowest BCUT2D eigenvalue weighted by atomic mass is 10.0. The molecule has 2 heterocycles. The summed E-state index contributed by atoms with van der Waals surface area (Å²) in [5.74, 6) is -2.22. The Morgan fingerprint density at radius 2 is 2.24 bits per heavy atom. The van der Waals surface area contributed by atoms with Crippen LogP contribution in [0.2, 0.25) is 0 Å². The van der Waals surface area contributed by atoms with Gasteiger partial charge in [0, 0.05) is 25.6 Å². The number of likely N-dealkylation sites (tertiary alicyclic amines) is 1. The molecule has 1 saturated heterocycles. The van der Waals surface area contributed by atoms with Gasteiger partial charge in [-0.2, -0.15) is 0 Å². The number of rotatable bonds is 6. The zero-order chi connectivity index (χ0) is 18.0. The number of ether oxygens (including phenoxy) is 1. The highest BCUT2D eigenvalue weighted by molar-refractivity contribution is 5.93. The summed E-state index contributed by atoms with van der Waals surface area (Å²) in [5, 5.41) is 19.9. The standard InChI is InChI=1S/C16H22F2N4O3/c1-10(22-7-6-16(17,18)12(23)8-22)15(24)19-13-4-5-14(21-20-13)25-9-11-2-3-11/h4-5,10-12,23H,2-3,6-9H2,1H3,(H,19,20,24). The van der Waals surface area contributed by atoms with E-state index in [2.05, 4.69) is 15.5 Å². The Bertz CT molecular complexity index is 610. The van der Waals surface area contributed by atoms with E-state index in [0.717, 1.165) is 0 Å². The van der Waals surface area contributed by atoms with Crippen LogP contribution in [0.15, 0.2) is 12.1 Å².